The van der Waals surface area contributed by atoms with Crippen molar-refractivity contribution < 1.29 is 0 Å². The van der Waals surface area contributed by atoms with Crippen LogP contribution in [0.4, 0.5) is 0 Å². The summed E-state index contributed by atoms with van der Waals surface area (Å²) in [5.41, 5.74) is 1.40. The van der Waals surface area contributed by atoms with Crippen molar-refractivity contribution in [3.05, 3.63) is 24.3 Å². The Morgan fingerprint density at radius 1 is 1.47 bits per heavy atom. The molecule has 0 N–H and O–H groups in total. The molecule has 0 bridgehead atoms. The molecule has 0 heterocycles. The lowest BCUT2D eigenvalue weighted by atomic mass is 9.69. The second-order valence-corrected chi connectivity index (χ2v) is 5.37. The number of hydrogen-bond acceptors (Lipinski definition) is 0. The SMILES string of the molecule is C=C(C)C1CC(CCC(C)CC=CC)C1. The predicted octanol–water partition coefficient (Wildman–Crippen LogP) is 4.97. The van der Waals surface area contributed by atoms with Crippen LogP contribution in [-0.4, -0.2) is 0 Å². The molecule has 0 saturated heterocycles. The molecule has 1 rings (SSSR count). The molecule has 1 unspecified atom stereocenters. The smallest absolute Gasteiger partial charge is 0.0203 e. The molecule has 0 spiro atoms. The van der Waals surface area contributed by atoms with Crippen molar-refractivity contribution in [2.75, 3.05) is 0 Å². The molecule has 1 fully saturated rings. The third-order valence-corrected chi connectivity index (χ3v) is 3.77. The minimum atomic E-state index is 0.848. The third kappa shape index (κ3) is 4.24. The van der Waals surface area contributed by atoms with Crippen LogP contribution in [-0.2, 0) is 0 Å². The summed E-state index contributed by atoms with van der Waals surface area (Å²) in [4.78, 5) is 0. The fraction of sp³-hybridized carbons (Fsp3) is 0.733. The molecule has 0 heteroatoms. The Hall–Kier alpha value is -0.520. The van der Waals surface area contributed by atoms with Crippen molar-refractivity contribution >= 4 is 0 Å². The van der Waals surface area contributed by atoms with Crippen molar-refractivity contribution in [2.24, 2.45) is 17.8 Å². The highest BCUT2D eigenvalue weighted by Crippen LogP contribution is 2.41. The number of rotatable bonds is 6. The first-order valence-electron chi connectivity index (χ1n) is 6.40. The van der Waals surface area contributed by atoms with Crippen LogP contribution in [0.15, 0.2) is 24.3 Å². The van der Waals surface area contributed by atoms with Gasteiger partial charge in [-0.1, -0.05) is 44.1 Å². The monoisotopic (exact) mass is 206 g/mol. The molecule has 0 aliphatic heterocycles. The average molecular weight is 206 g/mol. The van der Waals surface area contributed by atoms with Gasteiger partial charge in [-0.2, -0.15) is 0 Å². The van der Waals surface area contributed by atoms with Gasteiger partial charge in [0.1, 0.15) is 0 Å². The lowest BCUT2D eigenvalue weighted by molar-refractivity contribution is 0.202. The van der Waals surface area contributed by atoms with Gasteiger partial charge in [0.25, 0.3) is 0 Å². The zero-order valence-electron chi connectivity index (χ0n) is 10.6. The van der Waals surface area contributed by atoms with Gasteiger partial charge in [-0.15, -0.1) is 0 Å². The number of allylic oxidation sites excluding steroid dienone is 3. The van der Waals surface area contributed by atoms with Gasteiger partial charge < -0.3 is 0 Å². The molecule has 1 aliphatic carbocycles. The molecule has 0 aromatic heterocycles. The van der Waals surface area contributed by atoms with Gasteiger partial charge in [0.05, 0.1) is 0 Å². The van der Waals surface area contributed by atoms with E-state index in [0.717, 1.165) is 17.8 Å². The van der Waals surface area contributed by atoms with E-state index in [4.69, 9.17) is 0 Å². The zero-order valence-corrected chi connectivity index (χ0v) is 10.6. The first-order chi connectivity index (χ1) is 7.13. The Morgan fingerprint density at radius 3 is 2.67 bits per heavy atom. The molecule has 15 heavy (non-hydrogen) atoms. The van der Waals surface area contributed by atoms with E-state index in [1.54, 1.807) is 0 Å². The van der Waals surface area contributed by atoms with Crippen LogP contribution < -0.4 is 0 Å². The Labute approximate surface area is 95.5 Å². The molecular weight excluding hydrogens is 180 g/mol. The lowest BCUT2D eigenvalue weighted by Crippen LogP contribution is -2.24. The van der Waals surface area contributed by atoms with Gasteiger partial charge in [0.15, 0.2) is 0 Å². The molecular formula is C15H26. The molecule has 0 aromatic carbocycles. The molecule has 1 saturated carbocycles. The van der Waals surface area contributed by atoms with E-state index in [1.165, 1.54) is 37.7 Å². The fourth-order valence-corrected chi connectivity index (χ4v) is 2.38. The number of hydrogen-bond donors (Lipinski definition) is 0. The second-order valence-electron chi connectivity index (χ2n) is 5.37. The van der Waals surface area contributed by atoms with E-state index < -0.39 is 0 Å². The summed E-state index contributed by atoms with van der Waals surface area (Å²) in [6, 6.07) is 0. The second kappa shape index (κ2) is 6.15. The van der Waals surface area contributed by atoms with E-state index in [9.17, 15) is 0 Å². The van der Waals surface area contributed by atoms with Crippen molar-refractivity contribution in [3.8, 4) is 0 Å². The van der Waals surface area contributed by atoms with Gasteiger partial charge in [-0.3, -0.25) is 0 Å². The van der Waals surface area contributed by atoms with E-state index in [2.05, 4.69) is 39.5 Å². The summed E-state index contributed by atoms with van der Waals surface area (Å²) in [5.74, 6) is 2.71. The van der Waals surface area contributed by atoms with Crippen molar-refractivity contribution in [3.63, 3.8) is 0 Å². The minimum absolute atomic E-state index is 0.848. The van der Waals surface area contributed by atoms with Gasteiger partial charge in [-0.05, 0) is 50.9 Å². The van der Waals surface area contributed by atoms with Gasteiger partial charge in [-0.25, -0.2) is 0 Å². The Balaban J connectivity index is 2.05. The summed E-state index contributed by atoms with van der Waals surface area (Å²) in [7, 11) is 0. The van der Waals surface area contributed by atoms with E-state index in [1.807, 2.05) is 0 Å². The topological polar surface area (TPSA) is 0 Å². The van der Waals surface area contributed by atoms with E-state index in [0.29, 0.717) is 0 Å². The summed E-state index contributed by atoms with van der Waals surface area (Å²) < 4.78 is 0. The minimum Gasteiger partial charge on any atom is -0.0999 e. The quantitative estimate of drug-likeness (QED) is 0.538. The third-order valence-electron chi connectivity index (χ3n) is 3.77. The van der Waals surface area contributed by atoms with Crippen molar-refractivity contribution in [1.29, 1.82) is 0 Å². The molecule has 0 aromatic rings. The lowest BCUT2D eigenvalue weighted by Gasteiger charge is -2.36. The maximum Gasteiger partial charge on any atom is -0.0203 e. The highest BCUT2D eigenvalue weighted by atomic mass is 14.3. The molecule has 0 amide bonds. The van der Waals surface area contributed by atoms with Crippen LogP contribution in [0, 0.1) is 17.8 Å². The highest BCUT2D eigenvalue weighted by Gasteiger charge is 2.28. The predicted molar refractivity (Wildman–Crippen MR) is 68.9 cm³/mol. The Morgan fingerprint density at radius 2 is 2.13 bits per heavy atom. The largest absolute Gasteiger partial charge is 0.0999 e. The summed E-state index contributed by atoms with van der Waals surface area (Å²) in [6.07, 6.45) is 11.4. The average Bonchev–Trinajstić information content (AvgIpc) is 2.11. The summed E-state index contributed by atoms with van der Waals surface area (Å²) >= 11 is 0. The van der Waals surface area contributed by atoms with Crippen LogP contribution in [0.1, 0.15) is 52.9 Å². The van der Waals surface area contributed by atoms with Crippen LogP contribution in [0.25, 0.3) is 0 Å². The molecule has 1 aliphatic rings. The first-order valence-corrected chi connectivity index (χ1v) is 6.40. The summed E-state index contributed by atoms with van der Waals surface area (Å²) in [5, 5.41) is 0. The molecule has 0 radical (unpaired) electrons. The standard InChI is InChI=1S/C15H26/c1-5-6-7-13(4)8-9-14-10-15(11-14)12(2)3/h5-6,13-15H,2,7-11H2,1,3-4H3. The maximum absolute atomic E-state index is 4.04. The van der Waals surface area contributed by atoms with Crippen LogP contribution in [0.5, 0.6) is 0 Å². The van der Waals surface area contributed by atoms with E-state index >= 15 is 0 Å². The molecule has 86 valence electrons. The summed E-state index contributed by atoms with van der Waals surface area (Å²) in [6.45, 7) is 10.7. The van der Waals surface area contributed by atoms with Crippen molar-refractivity contribution in [1.82, 2.24) is 0 Å². The normalized spacial score (nSPS) is 27.7. The first kappa shape index (κ1) is 12.5. The van der Waals surface area contributed by atoms with Crippen molar-refractivity contribution in [2.45, 2.75) is 52.9 Å². The van der Waals surface area contributed by atoms with Gasteiger partial charge in [0, 0.05) is 0 Å². The van der Waals surface area contributed by atoms with Crippen LogP contribution in [0.2, 0.25) is 0 Å². The maximum atomic E-state index is 4.04. The van der Waals surface area contributed by atoms with E-state index in [-0.39, 0.29) is 0 Å². The van der Waals surface area contributed by atoms with Crippen LogP contribution >= 0.6 is 0 Å². The van der Waals surface area contributed by atoms with Gasteiger partial charge in [0.2, 0.25) is 0 Å². The van der Waals surface area contributed by atoms with Crippen LogP contribution in [0.3, 0.4) is 0 Å². The fourth-order valence-electron chi connectivity index (χ4n) is 2.38. The highest BCUT2D eigenvalue weighted by molar-refractivity contribution is 5.02. The Bertz CT molecular complexity index is 218. The molecule has 1 atom stereocenters. The zero-order chi connectivity index (χ0) is 11.3. The Kier molecular flexibility index (Phi) is 5.14. The molecule has 0 nitrogen and oxygen atoms in total. The van der Waals surface area contributed by atoms with Gasteiger partial charge >= 0.3 is 0 Å².